The van der Waals surface area contributed by atoms with Crippen molar-refractivity contribution in [2.45, 2.75) is 26.8 Å². The fourth-order valence-electron chi connectivity index (χ4n) is 1.06. The average Bonchev–Trinajstić information content (AvgIpc) is 2.02. The lowest BCUT2D eigenvalue weighted by Gasteiger charge is -2.11. The number of nitrogens with zero attached hydrogens (tertiary/aromatic N) is 2. The van der Waals surface area contributed by atoms with Crippen LogP contribution in [-0.4, -0.2) is 27.7 Å². The molecule has 0 aliphatic heterocycles. The van der Waals surface area contributed by atoms with Crippen molar-refractivity contribution in [3.63, 3.8) is 0 Å². The first kappa shape index (κ1) is 9.92. The highest BCUT2D eigenvalue weighted by atomic mass is 16.3. The minimum atomic E-state index is -0.0128. The third-order valence-electron chi connectivity index (χ3n) is 1.63. The molecule has 0 amide bonds. The monoisotopic (exact) mass is 181 g/mol. The molecule has 0 aromatic carbocycles. The molecule has 0 radical (unpaired) electrons. The van der Waals surface area contributed by atoms with Crippen LogP contribution < -0.4 is 5.32 Å². The van der Waals surface area contributed by atoms with Crippen LogP contribution in [-0.2, 0) is 0 Å². The Bertz CT molecular complexity index is 268. The largest absolute Gasteiger partial charge is 0.394 e. The van der Waals surface area contributed by atoms with E-state index in [9.17, 15) is 0 Å². The first-order valence-corrected chi connectivity index (χ1v) is 4.31. The predicted octanol–water partition coefficient (Wildman–Crippen LogP) is 0.886. The normalized spacial score (nSPS) is 12.6. The van der Waals surface area contributed by atoms with E-state index in [0.717, 1.165) is 11.4 Å². The molecule has 72 valence electrons. The van der Waals surface area contributed by atoms with Crippen molar-refractivity contribution < 1.29 is 5.11 Å². The Balaban J connectivity index is 2.77. The van der Waals surface area contributed by atoms with Gasteiger partial charge in [-0.05, 0) is 26.8 Å². The quantitative estimate of drug-likeness (QED) is 0.727. The van der Waals surface area contributed by atoms with Gasteiger partial charge in [0.05, 0.1) is 6.61 Å². The molecule has 1 rings (SSSR count). The molecule has 4 nitrogen and oxygen atoms in total. The molecule has 1 atom stereocenters. The van der Waals surface area contributed by atoms with Gasteiger partial charge in [-0.3, -0.25) is 0 Å². The van der Waals surface area contributed by atoms with Gasteiger partial charge in [0.25, 0.3) is 0 Å². The lowest BCUT2D eigenvalue weighted by atomic mass is 10.3. The molecule has 1 aromatic heterocycles. The summed E-state index contributed by atoms with van der Waals surface area (Å²) in [4.78, 5) is 8.38. The second-order valence-electron chi connectivity index (χ2n) is 3.20. The van der Waals surface area contributed by atoms with Crippen LogP contribution in [0.2, 0.25) is 0 Å². The fourth-order valence-corrected chi connectivity index (χ4v) is 1.06. The number of hydrogen-bond donors (Lipinski definition) is 2. The maximum atomic E-state index is 8.82. The number of aliphatic hydroxyl groups is 1. The van der Waals surface area contributed by atoms with Crippen LogP contribution in [0.25, 0.3) is 0 Å². The molecule has 0 aliphatic carbocycles. The van der Waals surface area contributed by atoms with Gasteiger partial charge in [-0.25, -0.2) is 9.97 Å². The van der Waals surface area contributed by atoms with Crippen LogP contribution in [0.1, 0.15) is 18.3 Å². The number of anilines is 1. The maximum Gasteiger partial charge on any atom is 0.223 e. The van der Waals surface area contributed by atoms with Crippen LogP contribution in [0.5, 0.6) is 0 Å². The lowest BCUT2D eigenvalue weighted by molar-refractivity contribution is 0.281. The summed E-state index contributed by atoms with van der Waals surface area (Å²) in [5.41, 5.74) is 1.86. The summed E-state index contributed by atoms with van der Waals surface area (Å²) in [5.74, 6) is 0.582. The summed E-state index contributed by atoms with van der Waals surface area (Å²) in [6.45, 7) is 5.80. The van der Waals surface area contributed by atoms with Crippen LogP contribution in [0.3, 0.4) is 0 Å². The Hall–Kier alpha value is -1.16. The summed E-state index contributed by atoms with van der Waals surface area (Å²) in [6.07, 6.45) is 0. The van der Waals surface area contributed by atoms with Crippen molar-refractivity contribution in [3.8, 4) is 0 Å². The van der Waals surface area contributed by atoms with E-state index in [1.54, 1.807) is 0 Å². The van der Waals surface area contributed by atoms with E-state index >= 15 is 0 Å². The summed E-state index contributed by atoms with van der Waals surface area (Å²) >= 11 is 0. The maximum absolute atomic E-state index is 8.82. The standard InChI is InChI=1S/C9H15N3O/c1-6-4-7(2)11-9(10-6)12-8(3)5-13/h4,8,13H,5H2,1-3H3,(H,10,11,12)/t8-/m1/s1. The second-order valence-corrected chi connectivity index (χ2v) is 3.20. The Labute approximate surface area is 78.0 Å². The molecule has 2 N–H and O–H groups in total. The molecule has 0 bridgehead atoms. The van der Waals surface area contributed by atoms with Crippen molar-refractivity contribution in [3.05, 3.63) is 17.5 Å². The molecule has 1 aromatic rings. The summed E-state index contributed by atoms with van der Waals surface area (Å²) in [7, 11) is 0. The van der Waals surface area contributed by atoms with E-state index in [1.165, 1.54) is 0 Å². The minimum absolute atomic E-state index is 0.0128. The summed E-state index contributed by atoms with van der Waals surface area (Å²) < 4.78 is 0. The number of rotatable bonds is 3. The highest BCUT2D eigenvalue weighted by Gasteiger charge is 2.02. The van der Waals surface area contributed by atoms with E-state index in [4.69, 9.17) is 5.11 Å². The highest BCUT2D eigenvalue weighted by molar-refractivity contribution is 5.28. The number of aryl methyl sites for hydroxylation is 2. The van der Waals surface area contributed by atoms with E-state index in [1.807, 2.05) is 26.8 Å². The van der Waals surface area contributed by atoms with Gasteiger partial charge in [0.2, 0.25) is 5.95 Å². The average molecular weight is 181 g/mol. The molecule has 0 unspecified atom stereocenters. The second kappa shape index (κ2) is 4.18. The third kappa shape index (κ3) is 2.99. The van der Waals surface area contributed by atoms with E-state index in [-0.39, 0.29) is 12.6 Å². The molecule has 13 heavy (non-hydrogen) atoms. The predicted molar refractivity (Wildman–Crippen MR) is 51.7 cm³/mol. The molecular weight excluding hydrogens is 166 g/mol. The van der Waals surface area contributed by atoms with Gasteiger partial charge >= 0.3 is 0 Å². The van der Waals surface area contributed by atoms with E-state index in [2.05, 4.69) is 15.3 Å². The highest BCUT2D eigenvalue weighted by Crippen LogP contribution is 2.04. The Morgan fingerprint density at radius 3 is 2.38 bits per heavy atom. The Kier molecular flexibility index (Phi) is 3.19. The summed E-state index contributed by atoms with van der Waals surface area (Å²) in [6, 6.07) is 1.90. The molecule has 0 fully saturated rings. The van der Waals surface area contributed by atoms with Gasteiger partial charge in [-0.1, -0.05) is 0 Å². The lowest BCUT2D eigenvalue weighted by Crippen LogP contribution is -2.21. The van der Waals surface area contributed by atoms with Crippen molar-refractivity contribution in [1.29, 1.82) is 0 Å². The zero-order chi connectivity index (χ0) is 9.84. The zero-order valence-corrected chi connectivity index (χ0v) is 8.20. The van der Waals surface area contributed by atoms with Crippen LogP contribution in [0, 0.1) is 13.8 Å². The first-order valence-electron chi connectivity index (χ1n) is 4.31. The van der Waals surface area contributed by atoms with Gasteiger partial charge in [-0.15, -0.1) is 0 Å². The van der Waals surface area contributed by atoms with E-state index in [0.29, 0.717) is 5.95 Å². The van der Waals surface area contributed by atoms with Gasteiger partial charge in [0.15, 0.2) is 0 Å². The van der Waals surface area contributed by atoms with Crippen LogP contribution in [0.4, 0.5) is 5.95 Å². The number of nitrogens with one attached hydrogen (secondary N) is 1. The van der Waals surface area contributed by atoms with Gasteiger partial charge in [0.1, 0.15) is 0 Å². The summed E-state index contributed by atoms with van der Waals surface area (Å²) in [5, 5.41) is 11.8. The number of hydrogen-bond acceptors (Lipinski definition) is 4. The Morgan fingerprint density at radius 2 is 1.92 bits per heavy atom. The zero-order valence-electron chi connectivity index (χ0n) is 8.20. The van der Waals surface area contributed by atoms with E-state index < -0.39 is 0 Å². The van der Waals surface area contributed by atoms with Crippen LogP contribution in [0.15, 0.2) is 6.07 Å². The minimum Gasteiger partial charge on any atom is -0.394 e. The molecule has 0 spiro atoms. The molecular formula is C9H15N3O. The molecule has 0 aliphatic rings. The first-order chi connectivity index (χ1) is 6.11. The molecule has 0 saturated carbocycles. The molecule has 1 heterocycles. The third-order valence-corrected chi connectivity index (χ3v) is 1.63. The molecule has 4 heteroatoms. The van der Waals surface area contributed by atoms with Crippen molar-refractivity contribution in [2.75, 3.05) is 11.9 Å². The van der Waals surface area contributed by atoms with Gasteiger partial charge in [-0.2, -0.15) is 0 Å². The molecule has 0 saturated heterocycles. The Morgan fingerprint density at radius 1 is 1.38 bits per heavy atom. The van der Waals surface area contributed by atoms with Gasteiger partial charge < -0.3 is 10.4 Å². The smallest absolute Gasteiger partial charge is 0.223 e. The fraction of sp³-hybridized carbons (Fsp3) is 0.556. The van der Waals surface area contributed by atoms with Crippen molar-refractivity contribution in [1.82, 2.24) is 9.97 Å². The number of aliphatic hydroxyl groups excluding tert-OH is 1. The number of aromatic nitrogens is 2. The van der Waals surface area contributed by atoms with Gasteiger partial charge in [0, 0.05) is 17.4 Å². The van der Waals surface area contributed by atoms with Crippen molar-refractivity contribution in [2.24, 2.45) is 0 Å². The van der Waals surface area contributed by atoms with Crippen molar-refractivity contribution >= 4 is 5.95 Å². The SMILES string of the molecule is Cc1cc(C)nc(N[C@H](C)CO)n1. The van der Waals surface area contributed by atoms with Crippen LogP contribution >= 0.6 is 0 Å². The topological polar surface area (TPSA) is 58.0 Å².